The zero-order valence-electron chi connectivity index (χ0n) is 10.0. The monoisotopic (exact) mass is 461 g/mol. The number of hydrogen-bond acceptors (Lipinski definition) is 2. The molecule has 0 fully saturated rings. The Bertz CT molecular complexity index is 531. The second-order valence-corrected chi connectivity index (χ2v) is 8.23. The van der Waals surface area contributed by atoms with Gasteiger partial charge in [0.25, 0.3) is 0 Å². The number of benzene rings is 1. The molecule has 3 nitrogen and oxygen atoms in total. The molecule has 1 rings (SSSR count). The van der Waals surface area contributed by atoms with Gasteiger partial charge in [0.05, 0.1) is 4.90 Å². The molecule has 0 saturated heterocycles. The van der Waals surface area contributed by atoms with Crippen molar-refractivity contribution in [3.05, 3.63) is 26.6 Å². The molecule has 0 aliphatic carbocycles. The van der Waals surface area contributed by atoms with Gasteiger partial charge in [-0.15, -0.1) is 0 Å². The van der Waals surface area contributed by atoms with Gasteiger partial charge in [-0.05, 0) is 46.5 Å². The van der Waals surface area contributed by atoms with E-state index in [1.165, 1.54) is 0 Å². The predicted molar refractivity (Wildman–Crippen MR) is 84.7 cm³/mol. The van der Waals surface area contributed by atoms with Crippen LogP contribution in [0.1, 0.15) is 12.5 Å². The summed E-state index contributed by atoms with van der Waals surface area (Å²) in [5, 5.41) is 0.758. The molecule has 7 heteroatoms. The molecular formula is C11H14Br3NO2S. The van der Waals surface area contributed by atoms with Crippen molar-refractivity contribution >= 4 is 57.8 Å². The molecule has 0 aliphatic rings. The molecule has 0 amide bonds. The first-order valence-corrected chi connectivity index (χ1v) is 9.48. The Labute approximate surface area is 133 Å². The quantitative estimate of drug-likeness (QED) is 0.674. The van der Waals surface area contributed by atoms with E-state index in [-0.39, 0.29) is 10.8 Å². The summed E-state index contributed by atoms with van der Waals surface area (Å²) >= 11 is 9.96. The van der Waals surface area contributed by atoms with Gasteiger partial charge in [-0.1, -0.05) is 38.8 Å². The average Bonchev–Trinajstić information content (AvgIpc) is 2.30. The lowest BCUT2D eigenvalue weighted by atomic mass is 10.2. The summed E-state index contributed by atoms with van der Waals surface area (Å²) < 4.78 is 28.3. The van der Waals surface area contributed by atoms with E-state index in [2.05, 4.69) is 52.5 Å². The van der Waals surface area contributed by atoms with Crippen molar-refractivity contribution in [1.29, 1.82) is 0 Å². The second-order valence-electron chi connectivity index (χ2n) is 4.14. The number of aryl methyl sites for hydroxylation is 1. The smallest absolute Gasteiger partial charge is 0.211 e. The van der Waals surface area contributed by atoms with Gasteiger partial charge in [-0.3, -0.25) is 0 Å². The van der Waals surface area contributed by atoms with Crippen molar-refractivity contribution in [2.75, 3.05) is 11.9 Å². The van der Waals surface area contributed by atoms with E-state index in [9.17, 15) is 8.42 Å². The SMILES string of the molecule is Cc1cc(Br)c(S(=O)(=O)NCC(C)CBr)cc1Br. The molecule has 0 aliphatic heterocycles. The molecule has 1 unspecified atom stereocenters. The van der Waals surface area contributed by atoms with E-state index in [1.54, 1.807) is 12.1 Å². The number of halogens is 3. The zero-order valence-corrected chi connectivity index (χ0v) is 15.6. The van der Waals surface area contributed by atoms with E-state index in [0.29, 0.717) is 11.0 Å². The van der Waals surface area contributed by atoms with Crippen molar-refractivity contribution in [2.45, 2.75) is 18.7 Å². The second kappa shape index (κ2) is 6.83. The van der Waals surface area contributed by atoms with E-state index < -0.39 is 10.0 Å². The van der Waals surface area contributed by atoms with E-state index >= 15 is 0 Å². The van der Waals surface area contributed by atoms with Crippen LogP contribution in [0.4, 0.5) is 0 Å². The van der Waals surface area contributed by atoms with Crippen molar-refractivity contribution in [1.82, 2.24) is 4.72 Å². The lowest BCUT2D eigenvalue weighted by Gasteiger charge is -2.12. The summed E-state index contributed by atoms with van der Waals surface area (Å²) in [7, 11) is -3.48. The fourth-order valence-electron chi connectivity index (χ4n) is 1.22. The minimum atomic E-state index is -3.48. The van der Waals surface area contributed by atoms with Crippen LogP contribution in [0.3, 0.4) is 0 Å². The maximum atomic E-state index is 12.2. The molecule has 18 heavy (non-hydrogen) atoms. The lowest BCUT2D eigenvalue weighted by Crippen LogP contribution is -2.29. The van der Waals surface area contributed by atoms with E-state index in [1.807, 2.05) is 13.8 Å². The highest BCUT2D eigenvalue weighted by Crippen LogP contribution is 2.28. The highest BCUT2D eigenvalue weighted by atomic mass is 79.9. The van der Waals surface area contributed by atoms with Gasteiger partial charge in [-0.2, -0.15) is 0 Å². The summed E-state index contributed by atoms with van der Waals surface area (Å²) in [4.78, 5) is 0.252. The number of hydrogen-bond donors (Lipinski definition) is 1. The van der Waals surface area contributed by atoms with Crippen molar-refractivity contribution in [2.24, 2.45) is 5.92 Å². The van der Waals surface area contributed by atoms with Crippen LogP contribution in [-0.2, 0) is 10.0 Å². The topological polar surface area (TPSA) is 46.2 Å². The molecule has 0 bridgehead atoms. The standard InChI is InChI=1S/C11H14Br3NO2S/c1-7(5-12)6-15-18(16,17)11-4-9(13)8(2)3-10(11)14/h3-4,7,15H,5-6H2,1-2H3. The Kier molecular flexibility index (Phi) is 6.31. The Balaban J connectivity index is 3.02. The lowest BCUT2D eigenvalue weighted by molar-refractivity contribution is 0.563. The number of alkyl halides is 1. The summed E-state index contributed by atoms with van der Waals surface area (Å²) in [6, 6.07) is 3.40. The summed E-state index contributed by atoms with van der Waals surface area (Å²) in [5.74, 6) is 0.243. The van der Waals surface area contributed by atoms with Gasteiger partial charge in [0.15, 0.2) is 0 Å². The highest BCUT2D eigenvalue weighted by Gasteiger charge is 2.19. The predicted octanol–water partition coefficient (Wildman–Crippen LogP) is 3.83. The average molecular weight is 464 g/mol. The summed E-state index contributed by atoms with van der Waals surface area (Å²) in [5.41, 5.74) is 0.981. The van der Waals surface area contributed by atoms with Crippen molar-refractivity contribution < 1.29 is 8.42 Å². The van der Waals surface area contributed by atoms with Crippen LogP contribution >= 0.6 is 47.8 Å². The third-order valence-electron chi connectivity index (χ3n) is 2.39. The van der Waals surface area contributed by atoms with Crippen LogP contribution in [0.25, 0.3) is 0 Å². The molecule has 0 heterocycles. The fourth-order valence-corrected chi connectivity index (χ4v) is 4.29. The minimum Gasteiger partial charge on any atom is -0.211 e. The molecule has 0 aromatic heterocycles. The van der Waals surface area contributed by atoms with Gasteiger partial charge in [0, 0.05) is 20.8 Å². The number of nitrogens with one attached hydrogen (secondary N) is 1. The van der Waals surface area contributed by atoms with Crippen LogP contribution in [0.2, 0.25) is 0 Å². The first-order chi connectivity index (χ1) is 8.27. The molecule has 102 valence electrons. The normalized spacial score (nSPS) is 13.6. The molecule has 1 aromatic rings. The summed E-state index contributed by atoms with van der Waals surface area (Å²) in [6.45, 7) is 4.29. The molecule has 0 saturated carbocycles. The first kappa shape index (κ1) is 16.6. The maximum absolute atomic E-state index is 12.2. The van der Waals surface area contributed by atoms with Crippen LogP contribution in [0.5, 0.6) is 0 Å². The maximum Gasteiger partial charge on any atom is 0.241 e. The van der Waals surface area contributed by atoms with E-state index in [4.69, 9.17) is 0 Å². The molecule has 0 radical (unpaired) electrons. The van der Waals surface area contributed by atoms with E-state index in [0.717, 1.165) is 15.4 Å². The highest BCUT2D eigenvalue weighted by molar-refractivity contribution is 9.11. The van der Waals surface area contributed by atoms with Gasteiger partial charge in [-0.25, -0.2) is 13.1 Å². The van der Waals surface area contributed by atoms with Gasteiger partial charge < -0.3 is 0 Å². The molecule has 1 N–H and O–H groups in total. The molecular weight excluding hydrogens is 450 g/mol. The Morgan fingerprint density at radius 3 is 2.44 bits per heavy atom. The molecule has 1 aromatic carbocycles. The fraction of sp³-hybridized carbons (Fsp3) is 0.455. The van der Waals surface area contributed by atoms with Gasteiger partial charge in [0.2, 0.25) is 10.0 Å². The Morgan fingerprint density at radius 2 is 1.89 bits per heavy atom. The van der Waals surface area contributed by atoms with Crippen molar-refractivity contribution in [3.63, 3.8) is 0 Å². The largest absolute Gasteiger partial charge is 0.241 e. The zero-order chi connectivity index (χ0) is 13.9. The van der Waals surface area contributed by atoms with Crippen LogP contribution in [0, 0.1) is 12.8 Å². The van der Waals surface area contributed by atoms with Crippen LogP contribution < -0.4 is 4.72 Å². The number of rotatable bonds is 5. The number of sulfonamides is 1. The molecule has 0 spiro atoms. The third kappa shape index (κ3) is 4.30. The van der Waals surface area contributed by atoms with Gasteiger partial charge in [0.1, 0.15) is 0 Å². The Morgan fingerprint density at radius 1 is 1.28 bits per heavy atom. The van der Waals surface area contributed by atoms with Crippen LogP contribution in [0.15, 0.2) is 26.0 Å². The third-order valence-corrected chi connectivity index (χ3v) is 6.73. The van der Waals surface area contributed by atoms with Crippen LogP contribution in [-0.4, -0.2) is 20.3 Å². The van der Waals surface area contributed by atoms with Crippen molar-refractivity contribution in [3.8, 4) is 0 Å². The Hall–Kier alpha value is 0.570. The van der Waals surface area contributed by atoms with Gasteiger partial charge >= 0.3 is 0 Å². The summed E-state index contributed by atoms with van der Waals surface area (Å²) in [6.07, 6.45) is 0. The first-order valence-electron chi connectivity index (χ1n) is 5.29. The minimum absolute atomic E-state index is 0.243. The molecule has 1 atom stereocenters.